The van der Waals surface area contributed by atoms with Crippen LogP contribution in [0.15, 0.2) is 0 Å². The molecule has 1 aliphatic heterocycles. The van der Waals surface area contributed by atoms with Crippen molar-refractivity contribution in [2.24, 2.45) is 5.73 Å². The predicted octanol–water partition coefficient (Wildman–Crippen LogP) is -1.02. The molecule has 110 valence electrons. The molecule has 0 bridgehead atoms. The van der Waals surface area contributed by atoms with Crippen molar-refractivity contribution in [2.45, 2.75) is 32.2 Å². The highest BCUT2D eigenvalue weighted by molar-refractivity contribution is 7.86. The second kappa shape index (κ2) is 6.31. The van der Waals surface area contributed by atoms with Crippen LogP contribution in [-0.4, -0.2) is 59.7 Å². The van der Waals surface area contributed by atoms with Gasteiger partial charge in [0.15, 0.2) is 0 Å². The largest absolute Gasteiger partial charge is 0.480 e. The summed E-state index contributed by atoms with van der Waals surface area (Å²) in [4.78, 5) is 21.6. The lowest BCUT2D eigenvalue weighted by Crippen LogP contribution is -2.52. The fourth-order valence-electron chi connectivity index (χ4n) is 2.11. The lowest BCUT2D eigenvalue weighted by atomic mass is 10.1. The molecule has 0 aliphatic carbocycles. The Hall–Kier alpha value is -1.19. The monoisotopic (exact) mass is 293 g/mol. The fraction of sp³-hybridized carbons (Fsp3) is 0.800. The number of carboxylic acids is 1. The lowest BCUT2D eigenvalue weighted by molar-refractivity contribution is -0.137. The third-order valence-electron chi connectivity index (χ3n) is 3.01. The van der Waals surface area contributed by atoms with Crippen molar-refractivity contribution in [3.05, 3.63) is 0 Å². The van der Waals surface area contributed by atoms with Crippen molar-refractivity contribution in [1.82, 2.24) is 8.61 Å². The molecule has 1 aliphatic rings. The number of rotatable bonds is 6. The molecule has 1 rings (SSSR count). The molecule has 0 aromatic carbocycles. The van der Waals surface area contributed by atoms with Crippen LogP contribution in [0.4, 0.5) is 0 Å². The van der Waals surface area contributed by atoms with Gasteiger partial charge in [0.2, 0.25) is 5.91 Å². The molecule has 0 radical (unpaired) electrons. The van der Waals surface area contributed by atoms with Crippen LogP contribution in [0.2, 0.25) is 0 Å². The van der Waals surface area contributed by atoms with Gasteiger partial charge in [0.1, 0.15) is 6.54 Å². The lowest BCUT2D eigenvalue weighted by Gasteiger charge is -2.35. The summed E-state index contributed by atoms with van der Waals surface area (Å²) in [7, 11) is -3.98. The van der Waals surface area contributed by atoms with Crippen LogP contribution >= 0.6 is 0 Å². The van der Waals surface area contributed by atoms with E-state index in [0.29, 0.717) is 10.8 Å². The first-order valence-corrected chi connectivity index (χ1v) is 7.42. The van der Waals surface area contributed by atoms with Crippen molar-refractivity contribution in [3.8, 4) is 0 Å². The molecular weight excluding hydrogens is 274 g/mol. The third-order valence-corrected chi connectivity index (χ3v) is 5.05. The maximum atomic E-state index is 12.3. The van der Waals surface area contributed by atoms with Crippen LogP contribution in [0.25, 0.3) is 0 Å². The Morgan fingerprint density at radius 1 is 1.37 bits per heavy atom. The molecular formula is C10H19N3O5S. The number of aliphatic carboxylic acids is 1. The molecule has 9 heteroatoms. The molecule has 8 nitrogen and oxygen atoms in total. The van der Waals surface area contributed by atoms with E-state index in [4.69, 9.17) is 10.8 Å². The van der Waals surface area contributed by atoms with Crippen LogP contribution in [0.3, 0.4) is 0 Å². The van der Waals surface area contributed by atoms with E-state index in [-0.39, 0.29) is 6.04 Å². The highest BCUT2D eigenvalue weighted by Crippen LogP contribution is 2.22. The Morgan fingerprint density at radius 2 is 2.00 bits per heavy atom. The van der Waals surface area contributed by atoms with Gasteiger partial charge in [-0.05, 0) is 19.8 Å². The number of nitrogens with two attached hydrogens (primary N) is 1. The van der Waals surface area contributed by atoms with Gasteiger partial charge in [-0.3, -0.25) is 9.59 Å². The molecule has 1 fully saturated rings. The smallest absolute Gasteiger partial charge is 0.318 e. The first-order valence-electron chi connectivity index (χ1n) is 6.02. The van der Waals surface area contributed by atoms with Crippen LogP contribution in [-0.2, 0) is 19.8 Å². The van der Waals surface area contributed by atoms with E-state index in [0.717, 1.165) is 19.3 Å². The Balaban J connectivity index is 2.96. The summed E-state index contributed by atoms with van der Waals surface area (Å²) in [5.41, 5.74) is 4.97. The maximum Gasteiger partial charge on any atom is 0.318 e. The van der Waals surface area contributed by atoms with Crippen molar-refractivity contribution < 1.29 is 23.1 Å². The van der Waals surface area contributed by atoms with Crippen molar-refractivity contribution in [1.29, 1.82) is 0 Å². The normalized spacial score (nSPS) is 21.5. The second-order valence-electron chi connectivity index (χ2n) is 4.59. The average molecular weight is 293 g/mol. The third kappa shape index (κ3) is 4.15. The van der Waals surface area contributed by atoms with Crippen LogP contribution in [0.5, 0.6) is 0 Å². The number of hydrogen-bond acceptors (Lipinski definition) is 4. The number of carbonyl (C=O) groups is 2. The summed E-state index contributed by atoms with van der Waals surface area (Å²) >= 11 is 0. The minimum absolute atomic E-state index is 0.206. The summed E-state index contributed by atoms with van der Waals surface area (Å²) < 4.78 is 26.5. The number of nitrogens with zero attached hydrogens (tertiary/aromatic N) is 2. The van der Waals surface area contributed by atoms with E-state index >= 15 is 0 Å². The van der Waals surface area contributed by atoms with E-state index in [9.17, 15) is 18.0 Å². The van der Waals surface area contributed by atoms with Crippen LogP contribution in [0.1, 0.15) is 26.2 Å². The first-order chi connectivity index (χ1) is 8.75. The Bertz CT molecular complexity index is 434. The number of amides is 1. The molecule has 0 saturated carbocycles. The summed E-state index contributed by atoms with van der Waals surface area (Å²) in [5.74, 6) is -2.20. The Labute approximate surface area is 112 Å². The average Bonchev–Trinajstić information content (AvgIpc) is 2.27. The number of carbonyl (C=O) groups excluding carboxylic acids is 1. The minimum atomic E-state index is -3.98. The highest BCUT2D eigenvalue weighted by Gasteiger charge is 2.36. The van der Waals surface area contributed by atoms with E-state index in [1.807, 2.05) is 0 Å². The van der Waals surface area contributed by atoms with Gasteiger partial charge in [0.25, 0.3) is 10.2 Å². The number of piperidine rings is 1. The van der Waals surface area contributed by atoms with E-state index < -0.39 is 35.2 Å². The number of hydrogen-bond donors (Lipinski definition) is 2. The zero-order valence-electron chi connectivity index (χ0n) is 10.8. The zero-order chi connectivity index (χ0) is 14.6. The van der Waals surface area contributed by atoms with Crippen molar-refractivity contribution in [2.75, 3.05) is 19.6 Å². The predicted molar refractivity (Wildman–Crippen MR) is 67.3 cm³/mol. The first kappa shape index (κ1) is 15.9. The summed E-state index contributed by atoms with van der Waals surface area (Å²) in [6.45, 7) is 0.699. The molecule has 1 unspecified atom stereocenters. The minimum Gasteiger partial charge on any atom is -0.480 e. The van der Waals surface area contributed by atoms with E-state index in [1.54, 1.807) is 6.92 Å². The summed E-state index contributed by atoms with van der Waals surface area (Å²) in [5, 5.41) is 8.75. The van der Waals surface area contributed by atoms with Gasteiger partial charge in [0.05, 0.1) is 6.54 Å². The molecule has 0 aromatic heterocycles. The second-order valence-corrected chi connectivity index (χ2v) is 6.47. The van der Waals surface area contributed by atoms with Gasteiger partial charge in [0, 0.05) is 12.6 Å². The molecule has 3 N–H and O–H groups in total. The van der Waals surface area contributed by atoms with Crippen molar-refractivity contribution >= 4 is 22.1 Å². The molecule has 19 heavy (non-hydrogen) atoms. The number of carboxylic acid groups (broad SMARTS) is 1. The molecule has 1 heterocycles. The number of primary amides is 1. The molecule has 0 aromatic rings. The maximum absolute atomic E-state index is 12.3. The van der Waals surface area contributed by atoms with Crippen molar-refractivity contribution in [3.63, 3.8) is 0 Å². The Kier molecular flexibility index (Phi) is 5.27. The Morgan fingerprint density at radius 3 is 2.47 bits per heavy atom. The molecule has 1 atom stereocenters. The van der Waals surface area contributed by atoms with E-state index in [2.05, 4.69) is 0 Å². The molecule has 1 amide bonds. The van der Waals surface area contributed by atoms with Gasteiger partial charge >= 0.3 is 5.97 Å². The van der Waals surface area contributed by atoms with E-state index in [1.165, 1.54) is 4.31 Å². The van der Waals surface area contributed by atoms with Gasteiger partial charge < -0.3 is 10.8 Å². The van der Waals surface area contributed by atoms with Gasteiger partial charge in [-0.25, -0.2) is 0 Å². The van der Waals surface area contributed by atoms with Gasteiger partial charge in [-0.1, -0.05) is 6.42 Å². The zero-order valence-corrected chi connectivity index (χ0v) is 11.6. The summed E-state index contributed by atoms with van der Waals surface area (Å²) in [6, 6.07) is -0.206. The molecule has 0 spiro atoms. The molecule has 1 saturated heterocycles. The SMILES string of the molecule is CC1CCCCN1S(=O)(=O)N(CC(N)=O)CC(=O)O. The van der Waals surface area contributed by atoms with Gasteiger partial charge in [-0.15, -0.1) is 0 Å². The summed E-state index contributed by atoms with van der Waals surface area (Å²) in [6.07, 6.45) is 2.37. The topological polar surface area (TPSA) is 121 Å². The van der Waals surface area contributed by atoms with Gasteiger partial charge in [-0.2, -0.15) is 17.0 Å². The highest BCUT2D eigenvalue weighted by atomic mass is 32.2. The fourth-order valence-corrected chi connectivity index (χ4v) is 3.89. The van der Waals surface area contributed by atoms with Crippen LogP contribution < -0.4 is 5.73 Å². The standard InChI is InChI=1S/C10H19N3O5S/c1-8-4-2-3-5-13(8)19(17,18)12(6-9(11)14)7-10(15)16/h8H,2-7H2,1H3,(H2,11,14)(H,15,16). The van der Waals surface area contributed by atoms with Crippen LogP contribution in [0, 0.1) is 0 Å². The quantitative estimate of drug-likeness (QED) is 0.649.